The van der Waals surface area contributed by atoms with E-state index in [9.17, 15) is 24.6 Å². The van der Waals surface area contributed by atoms with E-state index in [-0.39, 0.29) is 11.4 Å². The zero-order chi connectivity index (χ0) is 22.1. The van der Waals surface area contributed by atoms with Crippen LogP contribution in [0.5, 0.6) is 5.75 Å². The Labute approximate surface area is 184 Å². The molecule has 2 aromatic rings. The lowest BCUT2D eigenvalue weighted by Crippen LogP contribution is -2.71. The third-order valence-corrected chi connectivity index (χ3v) is 7.19. The summed E-state index contributed by atoms with van der Waals surface area (Å²) in [5.41, 5.74) is 6.99. The molecule has 4 rings (SSSR count). The number of rotatable bonds is 7. The van der Waals surface area contributed by atoms with Gasteiger partial charge in [-0.1, -0.05) is 23.9 Å². The number of hydrogen-bond acceptors (Lipinski definition) is 9. The van der Waals surface area contributed by atoms with E-state index in [2.05, 4.69) is 20.7 Å². The largest absolute Gasteiger partial charge is 0.508 e. The molecule has 1 aromatic heterocycles. The zero-order valence-electron chi connectivity index (χ0n) is 15.9. The van der Waals surface area contributed by atoms with Crippen LogP contribution in [0.15, 0.2) is 46.8 Å². The number of aromatic hydroxyl groups is 1. The van der Waals surface area contributed by atoms with E-state index in [0.29, 0.717) is 27.7 Å². The van der Waals surface area contributed by atoms with Gasteiger partial charge in [-0.3, -0.25) is 14.5 Å². The fourth-order valence-electron chi connectivity index (χ4n) is 3.29. The van der Waals surface area contributed by atoms with Crippen LogP contribution in [-0.2, 0) is 14.4 Å². The number of amides is 2. The molecule has 3 atom stereocenters. The molecule has 0 aliphatic carbocycles. The zero-order valence-corrected chi connectivity index (χ0v) is 17.5. The standard InChI is InChI=1S/C18H18N6O5S2/c19-12(8-1-3-10(25)4-2-8)15(26)21-13-16(27)24-14(18(28)29)9(7-31-17(13)24)6-30-11-5-20-23-22-11/h1-5,12-13,17,25H,6-7,19H2,(H,21,26)(H,28,29)(H,20,22,23)/t12-,13+,17-/m1/s1. The number of phenols is 1. The van der Waals surface area contributed by atoms with Gasteiger partial charge in [-0.05, 0) is 23.3 Å². The Morgan fingerprint density at radius 1 is 1.39 bits per heavy atom. The van der Waals surface area contributed by atoms with Gasteiger partial charge in [0.2, 0.25) is 5.91 Å². The molecular formula is C18H18N6O5S2. The average molecular weight is 463 g/mol. The molecule has 6 N–H and O–H groups in total. The maximum absolute atomic E-state index is 12.7. The second-order valence-electron chi connectivity index (χ2n) is 6.82. The van der Waals surface area contributed by atoms with Crippen LogP contribution < -0.4 is 11.1 Å². The van der Waals surface area contributed by atoms with Crippen LogP contribution in [-0.4, -0.2) is 71.2 Å². The molecule has 1 fully saturated rings. The maximum Gasteiger partial charge on any atom is 0.352 e. The molecule has 0 saturated carbocycles. The molecule has 1 aromatic carbocycles. The van der Waals surface area contributed by atoms with E-state index in [1.165, 1.54) is 58.9 Å². The van der Waals surface area contributed by atoms with Crippen LogP contribution in [0.1, 0.15) is 11.6 Å². The van der Waals surface area contributed by atoms with Gasteiger partial charge in [0, 0.05) is 11.5 Å². The monoisotopic (exact) mass is 462 g/mol. The molecule has 0 unspecified atom stereocenters. The highest BCUT2D eigenvalue weighted by molar-refractivity contribution is 8.01. The minimum Gasteiger partial charge on any atom is -0.508 e. The Morgan fingerprint density at radius 3 is 2.77 bits per heavy atom. The Balaban J connectivity index is 1.45. The van der Waals surface area contributed by atoms with Crippen molar-refractivity contribution in [3.05, 3.63) is 47.3 Å². The van der Waals surface area contributed by atoms with Gasteiger partial charge < -0.3 is 21.3 Å². The number of carbonyl (C=O) groups is 3. The van der Waals surface area contributed by atoms with Crippen molar-refractivity contribution < 1.29 is 24.6 Å². The summed E-state index contributed by atoms with van der Waals surface area (Å²) in [5, 5.41) is 31.9. The van der Waals surface area contributed by atoms with Gasteiger partial charge in [-0.15, -0.1) is 16.9 Å². The Bertz CT molecular complexity index is 1040. The number of aliphatic carboxylic acids is 1. The van der Waals surface area contributed by atoms with Crippen molar-refractivity contribution in [2.75, 3.05) is 11.5 Å². The molecule has 2 aliphatic rings. The second-order valence-corrected chi connectivity index (χ2v) is 8.92. The van der Waals surface area contributed by atoms with Crippen molar-refractivity contribution in [1.82, 2.24) is 25.6 Å². The Hall–Kier alpha value is -3.03. The highest BCUT2D eigenvalue weighted by Crippen LogP contribution is 2.41. The number of hydrogen-bond donors (Lipinski definition) is 5. The first kappa shape index (κ1) is 21.2. The first-order valence-electron chi connectivity index (χ1n) is 9.10. The first-order chi connectivity index (χ1) is 14.9. The number of carboxylic acids is 1. The van der Waals surface area contributed by atoms with Gasteiger partial charge in [-0.25, -0.2) is 4.79 Å². The molecule has 2 amide bonds. The number of nitrogens with zero attached hydrogens (tertiary/aromatic N) is 3. The van der Waals surface area contributed by atoms with Crippen LogP contribution in [0.3, 0.4) is 0 Å². The molecule has 2 aliphatic heterocycles. The normalized spacial score (nSPS) is 21.3. The SMILES string of the molecule is N[C@@H](C(=O)N[C@H]1C(=O)N2C(C(=O)O)=C(CSc3cn[nH]n3)CS[C@H]12)c1ccc(O)cc1. The number of H-pyrrole nitrogens is 1. The summed E-state index contributed by atoms with van der Waals surface area (Å²) in [7, 11) is 0. The summed E-state index contributed by atoms with van der Waals surface area (Å²) in [6, 6.07) is 3.98. The van der Waals surface area contributed by atoms with Gasteiger partial charge in [0.15, 0.2) is 0 Å². The number of carbonyl (C=O) groups excluding carboxylic acids is 2. The van der Waals surface area contributed by atoms with Crippen molar-refractivity contribution in [2.45, 2.75) is 22.5 Å². The topological polar surface area (TPSA) is 175 Å². The number of nitrogens with one attached hydrogen (secondary N) is 2. The minimum absolute atomic E-state index is 0.0466. The van der Waals surface area contributed by atoms with Crippen LogP contribution in [0, 0.1) is 0 Å². The van der Waals surface area contributed by atoms with Crippen molar-refractivity contribution in [1.29, 1.82) is 0 Å². The fourth-order valence-corrected chi connectivity index (χ4v) is 5.56. The third kappa shape index (κ3) is 4.11. The van der Waals surface area contributed by atoms with Crippen LogP contribution in [0.4, 0.5) is 0 Å². The molecule has 3 heterocycles. The van der Waals surface area contributed by atoms with Crippen LogP contribution >= 0.6 is 23.5 Å². The number of aromatic amines is 1. The molecule has 1 saturated heterocycles. The molecule has 162 valence electrons. The quantitative estimate of drug-likeness (QED) is 0.279. The van der Waals surface area contributed by atoms with Crippen molar-refractivity contribution in [2.24, 2.45) is 5.73 Å². The molecule has 11 nitrogen and oxygen atoms in total. The number of nitrogens with two attached hydrogens (primary N) is 1. The van der Waals surface area contributed by atoms with E-state index in [0.717, 1.165) is 0 Å². The molecule has 0 radical (unpaired) electrons. The number of aromatic nitrogens is 3. The molecular weight excluding hydrogens is 444 g/mol. The highest BCUT2D eigenvalue weighted by Gasteiger charge is 2.54. The smallest absolute Gasteiger partial charge is 0.352 e. The lowest BCUT2D eigenvalue weighted by atomic mass is 10.0. The summed E-state index contributed by atoms with van der Waals surface area (Å²) >= 11 is 2.70. The Morgan fingerprint density at radius 2 is 2.13 bits per heavy atom. The maximum atomic E-state index is 12.7. The van der Waals surface area contributed by atoms with E-state index in [1.54, 1.807) is 0 Å². The number of phenolic OH excluding ortho intramolecular Hbond substituents is 1. The van der Waals surface area contributed by atoms with Gasteiger partial charge in [-0.2, -0.15) is 10.3 Å². The lowest BCUT2D eigenvalue weighted by Gasteiger charge is -2.49. The van der Waals surface area contributed by atoms with Crippen molar-refractivity contribution in [3.63, 3.8) is 0 Å². The molecule has 31 heavy (non-hydrogen) atoms. The summed E-state index contributed by atoms with van der Waals surface area (Å²) in [6.07, 6.45) is 1.53. The van der Waals surface area contributed by atoms with Crippen molar-refractivity contribution in [3.8, 4) is 5.75 Å². The number of carboxylic acid groups (broad SMARTS) is 1. The fraction of sp³-hybridized carbons (Fsp3) is 0.278. The van der Waals surface area contributed by atoms with Gasteiger partial charge >= 0.3 is 5.97 Å². The predicted octanol–water partition coefficient (Wildman–Crippen LogP) is 0.0410. The average Bonchev–Trinajstić information content (AvgIpc) is 3.28. The number of benzene rings is 1. The first-order valence-corrected chi connectivity index (χ1v) is 11.1. The molecule has 13 heteroatoms. The summed E-state index contributed by atoms with van der Waals surface area (Å²) in [4.78, 5) is 38.4. The Kier molecular flexibility index (Phi) is 5.89. The van der Waals surface area contributed by atoms with E-state index in [1.807, 2.05) is 0 Å². The van der Waals surface area contributed by atoms with Crippen LogP contribution in [0.2, 0.25) is 0 Å². The predicted molar refractivity (Wildman–Crippen MR) is 112 cm³/mol. The van der Waals surface area contributed by atoms with Gasteiger partial charge in [0.1, 0.15) is 33.9 Å². The molecule has 0 bridgehead atoms. The number of thioether (sulfide) groups is 2. The second kappa shape index (κ2) is 8.61. The third-order valence-electron chi connectivity index (χ3n) is 4.87. The van der Waals surface area contributed by atoms with E-state index < -0.39 is 35.2 Å². The lowest BCUT2D eigenvalue weighted by molar-refractivity contribution is -0.150. The van der Waals surface area contributed by atoms with E-state index in [4.69, 9.17) is 5.73 Å². The van der Waals surface area contributed by atoms with Gasteiger partial charge in [0.05, 0.1) is 6.20 Å². The van der Waals surface area contributed by atoms with Crippen LogP contribution in [0.25, 0.3) is 0 Å². The highest BCUT2D eigenvalue weighted by atomic mass is 32.2. The number of β-lactam (4-membered cyclic amide) rings is 1. The molecule has 0 spiro atoms. The minimum atomic E-state index is -1.19. The summed E-state index contributed by atoms with van der Waals surface area (Å²) < 4.78 is 0. The summed E-state index contributed by atoms with van der Waals surface area (Å²) in [6.45, 7) is 0. The van der Waals surface area contributed by atoms with Crippen molar-refractivity contribution >= 4 is 41.3 Å². The van der Waals surface area contributed by atoms with E-state index >= 15 is 0 Å². The van der Waals surface area contributed by atoms with Gasteiger partial charge in [0.25, 0.3) is 5.91 Å². The number of fused-ring (bicyclic) bond motifs is 1. The summed E-state index contributed by atoms with van der Waals surface area (Å²) in [5.74, 6) is -1.45.